The lowest BCUT2D eigenvalue weighted by Gasteiger charge is -2.12. The number of para-hydroxylation sites is 1. The van der Waals surface area contributed by atoms with E-state index in [0.29, 0.717) is 5.56 Å². The van der Waals surface area contributed by atoms with E-state index < -0.39 is 5.97 Å². The second kappa shape index (κ2) is 8.12. The van der Waals surface area contributed by atoms with E-state index in [4.69, 9.17) is 9.84 Å². The molecule has 0 aliphatic heterocycles. The minimum absolute atomic E-state index is 0.154. The van der Waals surface area contributed by atoms with Gasteiger partial charge >= 0.3 is 5.97 Å². The summed E-state index contributed by atoms with van der Waals surface area (Å²) >= 11 is 3.53. The molecule has 0 bridgehead atoms. The van der Waals surface area contributed by atoms with E-state index in [-0.39, 0.29) is 25.7 Å². The zero-order valence-electron chi connectivity index (χ0n) is 13.5. The first kappa shape index (κ1) is 18.2. The third kappa shape index (κ3) is 4.24. The third-order valence-electron chi connectivity index (χ3n) is 3.53. The minimum Gasteiger partial charge on any atom is -0.480 e. The van der Waals surface area contributed by atoms with Crippen molar-refractivity contribution in [2.45, 2.75) is 13.8 Å². The second-order valence-electron chi connectivity index (χ2n) is 5.27. The van der Waals surface area contributed by atoms with Gasteiger partial charge in [-0.25, -0.2) is 4.79 Å². The molecule has 0 spiro atoms. The van der Waals surface area contributed by atoms with Crippen LogP contribution in [0.5, 0.6) is 0 Å². The van der Waals surface area contributed by atoms with Gasteiger partial charge in [-0.3, -0.25) is 4.79 Å². The zero-order chi connectivity index (χ0) is 17.7. The SMILES string of the molecule is Cc1cc(C(=O)NCCOCC(=O)O)c(C)n1-c1ccccc1Br. The Kier molecular flexibility index (Phi) is 6.16. The number of amides is 1. The maximum absolute atomic E-state index is 12.3. The molecule has 0 atom stereocenters. The number of aromatic nitrogens is 1. The normalized spacial score (nSPS) is 10.6. The van der Waals surface area contributed by atoms with Crippen LogP contribution < -0.4 is 5.32 Å². The lowest BCUT2D eigenvalue weighted by atomic mass is 10.2. The first-order chi connectivity index (χ1) is 11.4. The average molecular weight is 395 g/mol. The summed E-state index contributed by atoms with van der Waals surface area (Å²) < 4.78 is 7.86. The van der Waals surface area contributed by atoms with Gasteiger partial charge in [-0.15, -0.1) is 0 Å². The molecule has 0 aliphatic carbocycles. The van der Waals surface area contributed by atoms with Gasteiger partial charge in [0.2, 0.25) is 0 Å². The predicted octanol–water partition coefficient (Wildman–Crippen LogP) is 2.69. The Balaban J connectivity index is 2.10. The fraction of sp³-hybridized carbons (Fsp3) is 0.294. The number of ether oxygens (including phenoxy) is 1. The van der Waals surface area contributed by atoms with Crippen LogP contribution in [0.1, 0.15) is 21.7 Å². The zero-order valence-corrected chi connectivity index (χ0v) is 15.1. The van der Waals surface area contributed by atoms with Crippen LogP contribution in [0.4, 0.5) is 0 Å². The van der Waals surface area contributed by atoms with E-state index in [2.05, 4.69) is 21.2 Å². The van der Waals surface area contributed by atoms with Crippen LogP contribution in [-0.4, -0.2) is 41.3 Å². The largest absolute Gasteiger partial charge is 0.480 e. The van der Waals surface area contributed by atoms with Crippen LogP contribution in [0, 0.1) is 13.8 Å². The molecule has 0 radical (unpaired) electrons. The summed E-state index contributed by atoms with van der Waals surface area (Å²) in [5, 5.41) is 11.2. The monoisotopic (exact) mass is 394 g/mol. The number of benzene rings is 1. The van der Waals surface area contributed by atoms with Gasteiger partial charge in [-0.1, -0.05) is 12.1 Å². The number of hydrogen-bond acceptors (Lipinski definition) is 3. The van der Waals surface area contributed by atoms with Gasteiger partial charge in [0.05, 0.1) is 17.9 Å². The number of aliphatic carboxylic acids is 1. The Morgan fingerprint density at radius 3 is 2.67 bits per heavy atom. The fourth-order valence-corrected chi connectivity index (χ4v) is 2.95. The Morgan fingerprint density at radius 2 is 2.00 bits per heavy atom. The van der Waals surface area contributed by atoms with Crippen molar-refractivity contribution in [3.63, 3.8) is 0 Å². The van der Waals surface area contributed by atoms with Crippen LogP contribution in [0.2, 0.25) is 0 Å². The molecule has 7 heteroatoms. The summed E-state index contributed by atoms with van der Waals surface area (Å²) in [4.78, 5) is 22.7. The van der Waals surface area contributed by atoms with Gasteiger partial charge in [0, 0.05) is 22.4 Å². The predicted molar refractivity (Wildman–Crippen MR) is 93.7 cm³/mol. The summed E-state index contributed by atoms with van der Waals surface area (Å²) in [7, 11) is 0. The highest BCUT2D eigenvalue weighted by Crippen LogP contribution is 2.26. The van der Waals surface area contributed by atoms with Gasteiger partial charge in [0.15, 0.2) is 0 Å². The molecule has 6 nitrogen and oxygen atoms in total. The van der Waals surface area contributed by atoms with Gasteiger partial charge < -0.3 is 19.7 Å². The molecule has 128 valence electrons. The molecule has 0 fully saturated rings. The summed E-state index contributed by atoms with van der Waals surface area (Å²) in [6, 6.07) is 9.65. The number of halogens is 1. The lowest BCUT2D eigenvalue weighted by molar-refractivity contribution is -0.142. The number of rotatable bonds is 7. The first-order valence-electron chi connectivity index (χ1n) is 7.43. The van der Waals surface area contributed by atoms with Crippen LogP contribution in [0.15, 0.2) is 34.8 Å². The van der Waals surface area contributed by atoms with Gasteiger partial charge in [0.25, 0.3) is 5.91 Å². The van der Waals surface area contributed by atoms with Crippen LogP contribution in [0.25, 0.3) is 5.69 Å². The van der Waals surface area contributed by atoms with Crippen molar-refractivity contribution in [1.29, 1.82) is 0 Å². The topological polar surface area (TPSA) is 80.6 Å². The molecule has 2 rings (SSSR count). The maximum Gasteiger partial charge on any atom is 0.329 e. The number of nitrogens with zero attached hydrogens (tertiary/aromatic N) is 1. The molecule has 0 saturated carbocycles. The summed E-state index contributed by atoms with van der Waals surface area (Å²) in [5.74, 6) is -1.24. The van der Waals surface area contributed by atoms with Crippen molar-refractivity contribution in [2.75, 3.05) is 19.8 Å². The highest BCUT2D eigenvalue weighted by Gasteiger charge is 2.17. The molecule has 24 heavy (non-hydrogen) atoms. The number of carbonyl (C=O) groups is 2. The Bertz CT molecular complexity index is 755. The van der Waals surface area contributed by atoms with Crippen LogP contribution in [0.3, 0.4) is 0 Å². The second-order valence-corrected chi connectivity index (χ2v) is 6.13. The molecular formula is C17H19BrN2O4. The molecule has 1 aromatic carbocycles. The summed E-state index contributed by atoms with van der Waals surface area (Å²) in [6.07, 6.45) is 0. The quantitative estimate of drug-likeness (QED) is 0.707. The van der Waals surface area contributed by atoms with Gasteiger partial charge in [-0.05, 0) is 48.0 Å². The third-order valence-corrected chi connectivity index (χ3v) is 4.20. The van der Waals surface area contributed by atoms with E-state index in [1.54, 1.807) is 0 Å². The fourth-order valence-electron chi connectivity index (χ4n) is 2.49. The minimum atomic E-state index is -1.03. The highest BCUT2D eigenvalue weighted by molar-refractivity contribution is 9.10. The maximum atomic E-state index is 12.3. The Labute approximate surface area is 148 Å². The number of carboxylic acids is 1. The number of carbonyl (C=O) groups excluding carboxylic acids is 1. The van der Waals surface area contributed by atoms with E-state index in [9.17, 15) is 9.59 Å². The van der Waals surface area contributed by atoms with E-state index >= 15 is 0 Å². The Morgan fingerprint density at radius 1 is 1.29 bits per heavy atom. The molecule has 0 aliphatic rings. The van der Waals surface area contributed by atoms with Crippen LogP contribution in [-0.2, 0) is 9.53 Å². The highest BCUT2D eigenvalue weighted by atomic mass is 79.9. The van der Waals surface area contributed by atoms with Gasteiger partial charge in [0.1, 0.15) is 6.61 Å². The van der Waals surface area contributed by atoms with Crippen molar-refractivity contribution < 1.29 is 19.4 Å². The summed E-state index contributed by atoms with van der Waals surface area (Å²) in [6.45, 7) is 3.87. The summed E-state index contributed by atoms with van der Waals surface area (Å²) in [5.41, 5.74) is 3.34. The average Bonchev–Trinajstić information content (AvgIpc) is 2.82. The number of aryl methyl sites for hydroxylation is 1. The molecule has 1 heterocycles. The van der Waals surface area contributed by atoms with Crippen molar-refractivity contribution in [1.82, 2.24) is 9.88 Å². The van der Waals surface area contributed by atoms with E-state index in [1.807, 2.05) is 48.7 Å². The van der Waals surface area contributed by atoms with E-state index in [0.717, 1.165) is 21.5 Å². The molecule has 1 aromatic heterocycles. The number of carboxylic acid groups (broad SMARTS) is 1. The van der Waals surface area contributed by atoms with Gasteiger partial charge in [-0.2, -0.15) is 0 Å². The molecule has 0 unspecified atom stereocenters. The van der Waals surface area contributed by atoms with Crippen molar-refractivity contribution in [3.05, 3.63) is 51.8 Å². The number of hydrogen-bond donors (Lipinski definition) is 2. The standard InChI is InChI=1S/C17H19BrN2O4/c1-11-9-13(17(23)19-7-8-24-10-16(21)22)12(2)20(11)15-6-4-3-5-14(15)18/h3-6,9H,7-8,10H2,1-2H3,(H,19,23)(H,21,22). The molecule has 0 saturated heterocycles. The molecule has 1 amide bonds. The van der Waals surface area contributed by atoms with Crippen molar-refractivity contribution >= 4 is 27.8 Å². The number of nitrogens with one attached hydrogen (secondary N) is 1. The molecule has 2 N–H and O–H groups in total. The van der Waals surface area contributed by atoms with Crippen molar-refractivity contribution in [3.8, 4) is 5.69 Å². The van der Waals surface area contributed by atoms with Crippen molar-refractivity contribution in [2.24, 2.45) is 0 Å². The van der Waals surface area contributed by atoms with Crippen LogP contribution >= 0.6 is 15.9 Å². The lowest BCUT2D eigenvalue weighted by Crippen LogP contribution is -2.28. The molecular weight excluding hydrogens is 376 g/mol. The molecule has 2 aromatic rings. The smallest absolute Gasteiger partial charge is 0.329 e. The Hall–Kier alpha value is -2.12. The van der Waals surface area contributed by atoms with E-state index in [1.165, 1.54) is 0 Å². The first-order valence-corrected chi connectivity index (χ1v) is 8.22.